The molecule has 16 heavy (non-hydrogen) atoms. The van der Waals surface area contributed by atoms with Gasteiger partial charge >= 0.3 is 0 Å². The molecule has 0 radical (unpaired) electrons. The van der Waals surface area contributed by atoms with Crippen LogP contribution in [-0.4, -0.2) is 19.1 Å². The van der Waals surface area contributed by atoms with Gasteiger partial charge in [0.25, 0.3) is 0 Å². The van der Waals surface area contributed by atoms with Crippen LogP contribution in [0.5, 0.6) is 0 Å². The van der Waals surface area contributed by atoms with E-state index in [-0.39, 0.29) is 0 Å². The second-order valence-electron chi connectivity index (χ2n) is 6.56. The molecular weight excluding hydrogens is 196 g/mol. The summed E-state index contributed by atoms with van der Waals surface area (Å²) in [5.74, 6) is 1.69. The average molecular weight is 226 g/mol. The minimum atomic E-state index is 0.409. The molecule has 0 bridgehead atoms. The SMILES string of the molecule is CC1CC1NCCCC(CCN)C(C)(C)C. The molecule has 0 heterocycles. The lowest BCUT2D eigenvalue weighted by atomic mass is 9.76. The molecule has 0 aromatic carbocycles. The van der Waals surface area contributed by atoms with Crippen LogP contribution in [0.2, 0.25) is 0 Å². The molecule has 0 amide bonds. The van der Waals surface area contributed by atoms with Crippen LogP contribution >= 0.6 is 0 Å². The fourth-order valence-corrected chi connectivity index (χ4v) is 2.45. The zero-order valence-electron chi connectivity index (χ0n) is 11.6. The Kier molecular flexibility index (Phi) is 5.26. The van der Waals surface area contributed by atoms with Crippen LogP contribution in [0, 0.1) is 17.3 Å². The molecule has 0 aliphatic heterocycles. The van der Waals surface area contributed by atoms with E-state index in [1.165, 1.54) is 32.2 Å². The molecule has 0 saturated heterocycles. The molecule has 96 valence electrons. The summed E-state index contributed by atoms with van der Waals surface area (Å²) in [7, 11) is 0. The van der Waals surface area contributed by atoms with Gasteiger partial charge < -0.3 is 11.1 Å². The Balaban J connectivity index is 2.12. The van der Waals surface area contributed by atoms with E-state index in [0.29, 0.717) is 5.41 Å². The van der Waals surface area contributed by atoms with Crippen molar-refractivity contribution in [2.75, 3.05) is 13.1 Å². The summed E-state index contributed by atoms with van der Waals surface area (Å²) >= 11 is 0. The van der Waals surface area contributed by atoms with E-state index in [0.717, 1.165) is 24.4 Å². The van der Waals surface area contributed by atoms with Gasteiger partial charge in [0.1, 0.15) is 0 Å². The fourth-order valence-electron chi connectivity index (χ4n) is 2.45. The third kappa shape index (κ3) is 4.84. The van der Waals surface area contributed by atoms with Gasteiger partial charge in [-0.1, -0.05) is 27.7 Å². The molecule has 1 aliphatic rings. The van der Waals surface area contributed by atoms with Gasteiger partial charge in [-0.2, -0.15) is 0 Å². The highest BCUT2D eigenvalue weighted by Crippen LogP contribution is 2.32. The maximum absolute atomic E-state index is 5.69. The van der Waals surface area contributed by atoms with Gasteiger partial charge in [-0.15, -0.1) is 0 Å². The maximum Gasteiger partial charge on any atom is 0.00963 e. The second kappa shape index (κ2) is 6.02. The summed E-state index contributed by atoms with van der Waals surface area (Å²) in [5, 5.41) is 3.62. The van der Waals surface area contributed by atoms with Crippen molar-refractivity contribution < 1.29 is 0 Å². The standard InChI is InChI=1S/C14H30N2/c1-11-10-13(11)16-9-5-6-12(7-8-15)14(2,3)4/h11-13,16H,5-10,15H2,1-4H3. The Morgan fingerprint density at radius 3 is 2.38 bits per heavy atom. The lowest BCUT2D eigenvalue weighted by molar-refractivity contribution is 0.210. The number of nitrogens with one attached hydrogen (secondary N) is 1. The maximum atomic E-state index is 5.69. The first-order chi connectivity index (χ1) is 7.45. The highest BCUT2D eigenvalue weighted by Gasteiger charge is 2.31. The van der Waals surface area contributed by atoms with Crippen LogP contribution in [0.25, 0.3) is 0 Å². The first-order valence-electron chi connectivity index (χ1n) is 6.88. The van der Waals surface area contributed by atoms with Gasteiger partial charge in [0, 0.05) is 6.04 Å². The molecular formula is C14H30N2. The van der Waals surface area contributed by atoms with Gasteiger partial charge in [-0.05, 0) is 56.0 Å². The Labute approximate surface area is 101 Å². The predicted octanol–water partition coefficient (Wildman–Crippen LogP) is 2.78. The largest absolute Gasteiger partial charge is 0.330 e. The normalized spacial score (nSPS) is 26.8. The van der Waals surface area contributed by atoms with Crippen LogP contribution in [0.15, 0.2) is 0 Å². The minimum Gasteiger partial charge on any atom is -0.330 e. The van der Waals surface area contributed by atoms with Crippen LogP contribution in [0.3, 0.4) is 0 Å². The predicted molar refractivity (Wildman–Crippen MR) is 71.4 cm³/mol. The Morgan fingerprint density at radius 2 is 1.94 bits per heavy atom. The van der Waals surface area contributed by atoms with Crippen molar-refractivity contribution in [2.24, 2.45) is 23.0 Å². The quantitative estimate of drug-likeness (QED) is 0.655. The lowest BCUT2D eigenvalue weighted by Crippen LogP contribution is -2.25. The summed E-state index contributed by atoms with van der Waals surface area (Å²) in [5.41, 5.74) is 6.10. The van der Waals surface area contributed by atoms with E-state index < -0.39 is 0 Å². The van der Waals surface area contributed by atoms with Crippen molar-refractivity contribution in [3.05, 3.63) is 0 Å². The third-order valence-corrected chi connectivity index (χ3v) is 3.99. The van der Waals surface area contributed by atoms with Crippen LogP contribution in [0.1, 0.15) is 53.4 Å². The molecule has 1 rings (SSSR count). The molecule has 3 N–H and O–H groups in total. The van der Waals surface area contributed by atoms with Gasteiger partial charge in [0.05, 0.1) is 0 Å². The monoisotopic (exact) mass is 226 g/mol. The fraction of sp³-hybridized carbons (Fsp3) is 1.00. The number of hydrogen-bond acceptors (Lipinski definition) is 2. The van der Waals surface area contributed by atoms with E-state index in [4.69, 9.17) is 5.73 Å². The topological polar surface area (TPSA) is 38.0 Å². The summed E-state index contributed by atoms with van der Waals surface area (Å²) in [6, 6.07) is 0.822. The van der Waals surface area contributed by atoms with Gasteiger partial charge in [0.2, 0.25) is 0 Å². The van der Waals surface area contributed by atoms with Crippen molar-refractivity contribution in [3.8, 4) is 0 Å². The Morgan fingerprint density at radius 1 is 1.31 bits per heavy atom. The third-order valence-electron chi connectivity index (χ3n) is 3.99. The van der Waals surface area contributed by atoms with E-state index in [9.17, 15) is 0 Å². The van der Waals surface area contributed by atoms with Gasteiger partial charge in [0.15, 0.2) is 0 Å². The molecule has 2 nitrogen and oxygen atoms in total. The first kappa shape index (κ1) is 14.0. The van der Waals surface area contributed by atoms with E-state index in [1.54, 1.807) is 0 Å². The zero-order valence-corrected chi connectivity index (χ0v) is 11.6. The highest BCUT2D eigenvalue weighted by atomic mass is 15.0. The summed E-state index contributed by atoms with van der Waals surface area (Å²) in [4.78, 5) is 0. The van der Waals surface area contributed by atoms with E-state index in [1.807, 2.05) is 0 Å². The van der Waals surface area contributed by atoms with Crippen molar-refractivity contribution in [1.29, 1.82) is 0 Å². The van der Waals surface area contributed by atoms with Crippen LogP contribution < -0.4 is 11.1 Å². The number of nitrogens with two attached hydrogens (primary N) is 1. The van der Waals surface area contributed by atoms with Crippen molar-refractivity contribution in [3.63, 3.8) is 0 Å². The minimum absolute atomic E-state index is 0.409. The lowest BCUT2D eigenvalue weighted by Gasteiger charge is -2.30. The number of rotatable bonds is 7. The Hall–Kier alpha value is -0.0800. The molecule has 0 aromatic rings. The molecule has 1 saturated carbocycles. The molecule has 2 heteroatoms. The van der Waals surface area contributed by atoms with Crippen LogP contribution in [-0.2, 0) is 0 Å². The van der Waals surface area contributed by atoms with E-state index >= 15 is 0 Å². The molecule has 3 atom stereocenters. The molecule has 1 aliphatic carbocycles. The molecule has 0 aromatic heterocycles. The van der Waals surface area contributed by atoms with Crippen molar-refractivity contribution in [1.82, 2.24) is 5.32 Å². The van der Waals surface area contributed by atoms with Gasteiger partial charge in [-0.3, -0.25) is 0 Å². The summed E-state index contributed by atoms with van der Waals surface area (Å²) < 4.78 is 0. The summed E-state index contributed by atoms with van der Waals surface area (Å²) in [6.07, 6.45) is 5.16. The van der Waals surface area contributed by atoms with Crippen LogP contribution in [0.4, 0.5) is 0 Å². The average Bonchev–Trinajstić information content (AvgIpc) is 2.86. The summed E-state index contributed by atoms with van der Waals surface area (Å²) in [6.45, 7) is 11.3. The zero-order chi connectivity index (χ0) is 12.2. The number of hydrogen-bond donors (Lipinski definition) is 2. The smallest absolute Gasteiger partial charge is 0.00963 e. The van der Waals surface area contributed by atoms with E-state index in [2.05, 4.69) is 33.0 Å². The molecule has 1 fully saturated rings. The van der Waals surface area contributed by atoms with Crippen molar-refractivity contribution in [2.45, 2.75) is 59.4 Å². The van der Waals surface area contributed by atoms with Crippen molar-refractivity contribution >= 4 is 0 Å². The molecule has 3 unspecified atom stereocenters. The Bertz CT molecular complexity index is 195. The second-order valence-corrected chi connectivity index (χ2v) is 6.56. The first-order valence-corrected chi connectivity index (χ1v) is 6.88. The molecule has 0 spiro atoms. The van der Waals surface area contributed by atoms with Gasteiger partial charge in [-0.25, -0.2) is 0 Å². The highest BCUT2D eigenvalue weighted by molar-refractivity contribution is 4.89.